The second-order valence-corrected chi connectivity index (χ2v) is 9.76. The van der Waals surface area contributed by atoms with E-state index in [1.165, 1.54) is 25.3 Å². The fourth-order valence-electron chi connectivity index (χ4n) is 6.86. The highest BCUT2D eigenvalue weighted by atomic mass is 16.6. The van der Waals surface area contributed by atoms with Crippen LogP contribution in [0.5, 0.6) is 5.75 Å². The Balaban J connectivity index is 1.57. The summed E-state index contributed by atoms with van der Waals surface area (Å²) in [7, 11) is 1.38. The maximum Gasteiger partial charge on any atom is 0.271 e. The third-order valence-corrected chi connectivity index (χ3v) is 8.06. The SMILES string of the molecule is COc1ccc([N+](=O)[O-])cc1N1C(=O)[C@@H]2[C@H]3CCCN3[C@]3(C(=O)Nc4c(C)cc(C)cc43)[C@H]2C1=O. The molecular weight excluding hydrogens is 452 g/mol. The lowest BCUT2D eigenvalue weighted by atomic mass is 9.75. The van der Waals surface area contributed by atoms with Crippen molar-refractivity contribution in [3.63, 3.8) is 0 Å². The fourth-order valence-corrected chi connectivity index (χ4v) is 6.86. The Labute approximate surface area is 201 Å². The van der Waals surface area contributed by atoms with Crippen LogP contribution in [0.2, 0.25) is 0 Å². The van der Waals surface area contributed by atoms with E-state index in [9.17, 15) is 24.5 Å². The van der Waals surface area contributed by atoms with E-state index in [0.717, 1.165) is 28.0 Å². The van der Waals surface area contributed by atoms with Crippen LogP contribution in [0.4, 0.5) is 17.1 Å². The highest BCUT2D eigenvalue weighted by molar-refractivity contribution is 6.26. The molecular formula is C25H24N4O6. The van der Waals surface area contributed by atoms with E-state index >= 15 is 0 Å². The third-order valence-electron chi connectivity index (χ3n) is 8.06. The van der Waals surface area contributed by atoms with Crippen molar-refractivity contribution >= 4 is 34.8 Å². The van der Waals surface area contributed by atoms with Crippen molar-refractivity contribution in [3.8, 4) is 5.75 Å². The van der Waals surface area contributed by atoms with Crippen LogP contribution in [0.1, 0.15) is 29.5 Å². The number of rotatable bonds is 3. The maximum atomic E-state index is 14.1. The first-order valence-corrected chi connectivity index (χ1v) is 11.6. The topological polar surface area (TPSA) is 122 Å². The number of benzene rings is 2. The molecule has 10 nitrogen and oxygen atoms in total. The van der Waals surface area contributed by atoms with Gasteiger partial charge in [0.2, 0.25) is 17.7 Å². The zero-order chi connectivity index (χ0) is 24.8. The first kappa shape index (κ1) is 21.7. The number of hydrogen-bond donors (Lipinski definition) is 1. The molecule has 3 saturated heterocycles. The van der Waals surface area contributed by atoms with Crippen LogP contribution in [0.25, 0.3) is 0 Å². The van der Waals surface area contributed by atoms with Gasteiger partial charge in [-0.3, -0.25) is 29.4 Å². The van der Waals surface area contributed by atoms with Crippen LogP contribution in [-0.4, -0.2) is 47.2 Å². The highest BCUT2D eigenvalue weighted by Gasteiger charge is 2.75. The third kappa shape index (κ3) is 2.54. The van der Waals surface area contributed by atoms with Gasteiger partial charge < -0.3 is 10.1 Å². The summed E-state index contributed by atoms with van der Waals surface area (Å²) in [6.45, 7) is 4.47. The van der Waals surface area contributed by atoms with Gasteiger partial charge in [0.25, 0.3) is 5.69 Å². The molecule has 4 heterocycles. The predicted octanol–water partition coefficient (Wildman–Crippen LogP) is 2.65. The Bertz CT molecular complexity index is 1360. The number of nitrogens with one attached hydrogen (secondary N) is 1. The van der Waals surface area contributed by atoms with Crippen molar-refractivity contribution < 1.29 is 24.0 Å². The van der Waals surface area contributed by atoms with E-state index in [0.29, 0.717) is 18.7 Å². The molecule has 4 aliphatic heterocycles. The number of imide groups is 1. The van der Waals surface area contributed by atoms with Gasteiger partial charge in [-0.15, -0.1) is 0 Å². The summed E-state index contributed by atoms with van der Waals surface area (Å²) in [5, 5.41) is 14.5. The monoisotopic (exact) mass is 476 g/mol. The lowest BCUT2D eigenvalue weighted by Gasteiger charge is -2.37. The molecule has 1 spiro atoms. The van der Waals surface area contributed by atoms with Crippen LogP contribution in [0.15, 0.2) is 30.3 Å². The summed E-state index contributed by atoms with van der Waals surface area (Å²) in [5.41, 5.74) is 1.76. The molecule has 0 aromatic heterocycles. The Morgan fingerprint density at radius 1 is 1.14 bits per heavy atom. The van der Waals surface area contributed by atoms with E-state index in [-0.39, 0.29) is 29.1 Å². The zero-order valence-electron chi connectivity index (χ0n) is 19.5. The van der Waals surface area contributed by atoms with Crippen molar-refractivity contribution in [2.24, 2.45) is 11.8 Å². The van der Waals surface area contributed by atoms with Crippen molar-refractivity contribution in [2.75, 3.05) is 23.9 Å². The number of anilines is 2. The van der Waals surface area contributed by atoms with Crippen molar-refractivity contribution in [1.29, 1.82) is 0 Å². The number of nitrogens with zero attached hydrogens (tertiary/aromatic N) is 3. The second kappa shape index (κ2) is 7.11. The molecule has 3 fully saturated rings. The fraction of sp³-hybridized carbons (Fsp3) is 0.400. The number of amides is 3. The van der Waals surface area contributed by atoms with Crippen molar-refractivity contribution in [3.05, 3.63) is 57.1 Å². The number of methoxy groups -OCH3 is 1. The summed E-state index contributed by atoms with van der Waals surface area (Å²) in [6, 6.07) is 7.47. The van der Waals surface area contributed by atoms with Gasteiger partial charge in [0.1, 0.15) is 17.0 Å². The van der Waals surface area contributed by atoms with Crippen LogP contribution in [0, 0.1) is 35.8 Å². The average molecular weight is 476 g/mol. The van der Waals surface area contributed by atoms with Crippen LogP contribution in [0.3, 0.4) is 0 Å². The largest absolute Gasteiger partial charge is 0.495 e. The van der Waals surface area contributed by atoms with E-state index in [1.54, 1.807) is 0 Å². The Morgan fingerprint density at radius 2 is 1.91 bits per heavy atom. The van der Waals surface area contributed by atoms with Gasteiger partial charge in [0.15, 0.2) is 0 Å². The second-order valence-electron chi connectivity index (χ2n) is 9.76. The summed E-state index contributed by atoms with van der Waals surface area (Å²) in [5.74, 6) is -2.76. The number of nitro groups is 1. The van der Waals surface area contributed by atoms with Crippen LogP contribution < -0.4 is 15.0 Å². The van der Waals surface area contributed by atoms with Gasteiger partial charge in [-0.1, -0.05) is 17.7 Å². The summed E-state index contributed by atoms with van der Waals surface area (Å²) in [6.07, 6.45) is 1.50. The van der Waals surface area contributed by atoms with E-state index < -0.39 is 34.1 Å². The summed E-state index contributed by atoms with van der Waals surface area (Å²) >= 11 is 0. The Hall–Kier alpha value is -3.79. The smallest absolute Gasteiger partial charge is 0.271 e. The zero-order valence-corrected chi connectivity index (χ0v) is 19.5. The number of carbonyl (C=O) groups is 3. The molecule has 35 heavy (non-hydrogen) atoms. The molecule has 4 aliphatic rings. The molecule has 0 saturated carbocycles. The van der Waals surface area contributed by atoms with Gasteiger partial charge in [0.05, 0.1) is 23.9 Å². The first-order chi connectivity index (χ1) is 16.7. The normalized spacial score (nSPS) is 28.9. The summed E-state index contributed by atoms with van der Waals surface area (Å²) in [4.78, 5) is 55.8. The predicted molar refractivity (Wildman–Crippen MR) is 125 cm³/mol. The molecule has 180 valence electrons. The highest BCUT2D eigenvalue weighted by Crippen LogP contribution is 2.61. The van der Waals surface area contributed by atoms with Gasteiger partial charge in [0, 0.05) is 29.4 Å². The van der Waals surface area contributed by atoms with E-state index in [1.807, 2.05) is 26.0 Å². The Morgan fingerprint density at radius 3 is 2.63 bits per heavy atom. The molecule has 4 atom stereocenters. The van der Waals surface area contributed by atoms with Gasteiger partial charge in [-0.25, -0.2) is 4.90 Å². The van der Waals surface area contributed by atoms with Crippen LogP contribution in [-0.2, 0) is 19.9 Å². The molecule has 10 heteroatoms. The van der Waals surface area contributed by atoms with Gasteiger partial charge >= 0.3 is 0 Å². The lowest BCUT2D eigenvalue weighted by molar-refractivity contribution is -0.384. The first-order valence-electron chi connectivity index (χ1n) is 11.6. The van der Waals surface area contributed by atoms with Crippen LogP contribution >= 0.6 is 0 Å². The molecule has 2 aromatic carbocycles. The Kier molecular flexibility index (Phi) is 4.41. The summed E-state index contributed by atoms with van der Waals surface area (Å²) < 4.78 is 5.37. The molecule has 0 aliphatic carbocycles. The number of nitro benzene ring substituents is 1. The number of non-ortho nitro benzene ring substituents is 1. The molecule has 2 aromatic rings. The quantitative estimate of drug-likeness (QED) is 0.411. The molecule has 3 amide bonds. The number of carbonyl (C=O) groups excluding carboxylic acids is 3. The molecule has 1 N–H and O–H groups in total. The lowest BCUT2D eigenvalue weighted by Crippen LogP contribution is -2.54. The van der Waals surface area contributed by atoms with Gasteiger partial charge in [-0.2, -0.15) is 0 Å². The number of hydrogen-bond acceptors (Lipinski definition) is 7. The number of ether oxygens (including phenoxy) is 1. The van der Waals surface area contributed by atoms with E-state index in [2.05, 4.69) is 10.2 Å². The van der Waals surface area contributed by atoms with Gasteiger partial charge in [-0.05, 0) is 44.9 Å². The van der Waals surface area contributed by atoms with E-state index in [4.69, 9.17) is 4.74 Å². The minimum absolute atomic E-state index is 0.0323. The average Bonchev–Trinajstić information content (AvgIpc) is 3.52. The minimum Gasteiger partial charge on any atom is -0.495 e. The number of aryl methyl sites for hydroxylation is 2. The number of fused-ring (bicyclic) bond motifs is 7. The molecule has 0 bridgehead atoms. The molecule has 0 radical (unpaired) electrons. The molecule has 0 unspecified atom stereocenters. The van der Waals surface area contributed by atoms with Crippen molar-refractivity contribution in [1.82, 2.24) is 4.90 Å². The standard InChI is InChI=1S/C25H24N4O6/c1-12-9-13(2)21-15(10-12)25(24(32)26-21)20-19(16-5-4-8-27(16)25)22(30)28(23(20)31)17-11-14(29(33)34)6-7-18(17)35-3/h6-7,9-11,16,19-20H,4-5,8H2,1-3H3,(H,26,32)/t16-,19-,20-,25+/m1/s1. The minimum atomic E-state index is -1.30. The maximum absolute atomic E-state index is 14.1. The van der Waals surface area contributed by atoms with Crippen molar-refractivity contribution in [2.45, 2.75) is 38.3 Å². The molecule has 6 rings (SSSR count).